The maximum absolute atomic E-state index is 8.81. The molecule has 2 aromatic rings. The minimum absolute atomic E-state index is 0.0457. The molecule has 2 rings (SSSR count). The molecule has 0 unspecified atom stereocenters. The molecule has 0 spiro atoms. The van der Waals surface area contributed by atoms with Crippen molar-refractivity contribution >= 4 is 28.9 Å². The lowest BCUT2D eigenvalue weighted by Gasteiger charge is -2.07. The van der Waals surface area contributed by atoms with Gasteiger partial charge < -0.3 is 10.9 Å². The minimum atomic E-state index is 0.0457. The maximum Gasteiger partial charge on any atom is 0.180 e. The Bertz CT molecular complexity index is 596. The predicted octanol–water partition coefficient (Wildman–Crippen LogP) is 1.80. The second kappa shape index (κ2) is 5.32. The van der Waals surface area contributed by atoms with Crippen molar-refractivity contribution in [3.05, 3.63) is 28.4 Å². The van der Waals surface area contributed by atoms with E-state index in [9.17, 15) is 0 Å². The third kappa shape index (κ3) is 2.59. The van der Waals surface area contributed by atoms with Crippen LogP contribution < -0.4 is 5.73 Å². The first-order valence-electron chi connectivity index (χ1n) is 5.03. The molecule has 0 saturated heterocycles. The highest BCUT2D eigenvalue weighted by molar-refractivity contribution is 8.01. The molecule has 0 saturated carbocycles. The molecule has 0 aliphatic heterocycles. The summed E-state index contributed by atoms with van der Waals surface area (Å²) in [5.74, 6) is 0.0457. The van der Waals surface area contributed by atoms with Gasteiger partial charge in [-0.25, -0.2) is 4.98 Å². The van der Waals surface area contributed by atoms with Crippen LogP contribution in [0.2, 0.25) is 0 Å². The van der Waals surface area contributed by atoms with Crippen molar-refractivity contribution in [2.75, 3.05) is 0 Å². The average molecular weight is 281 g/mol. The van der Waals surface area contributed by atoms with E-state index in [4.69, 9.17) is 10.9 Å². The first-order valence-corrected chi connectivity index (χ1v) is 6.66. The number of aryl methyl sites for hydroxylation is 2. The number of amidine groups is 1. The molecule has 3 N–H and O–H groups in total. The lowest BCUT2D eigenvalue weighted by molar-refractivity contribution is 0.318. The van der Waals surface area contributed by atoms with Crippen molar-refractivity contribution < 1.29 is 5.21 Å². The van der Waals surface area contributed by atoms with E-state index in [1.807, 2.05) is 19.9 Å². The Kier molecular flexibility index (Phi) is 3.78. The Morgan fingerprint density at radius 3 is 2.83 bits per heavy atom. The monoisotopic (exact) mass is 281 g/mol. The number of hydrogen-bond acceptors (Lipinski definition) is 7. The number of nitrogens with zero attached hydrogens (tertiary/aromatic N) is 4. The summed E-state index contributed by atoms with van der Waals surface area (Å²) >= 11 is 2.83. The summed E-state index contributed by atoms with van der Waals surface area (Å²) in [5, 5.41) is 21.3. The lowest BCUT2D eigenvalue weighted by atomic mass is 10.1. The average Bonchev–Trinajstić information content (AvgIpc) is 2.74. The molecule has 0 amide bonds. The Morgan fingerprint density at radius 2 is 2.22 bits per heavy atom. The fourth-order valence-electron chi connectivity index (χ4n) is 1.37. The molecule has 6 nitrogen and oxygen atoms in total. The van der Waals surface area contributed by atoms with E-state index in [0.717, 1.165) is 14.9 Å². The summed E-state index contributed by atoms with van der Waals surface area (Å²) in [6.45, 7) is 3.76. The number of hydrogen-bond donors (Lipinski definition) is 2. The minimum Gasteiger partial charge on any atom is -0.409 e. The fourth-order valence-corrected chi connectivity index (χ4v) is 3.28. The van der Waals surface area contributed by atoms with Crippen LogP contribution in [0.15, 0.2) is 26.8 Å². The molecule has 0 aliphatic rings. The second-order valence-corrected chi connectivity index (χ2v) is 5.90. The summed E-state index contributed by atoms with van der Waals surface area (Å²) in [5.41, 5.74) is 7.18. The van der Waals surface area contributed by atoms with Gasteiger partial charge in [-0.3, -0.25) is 0 Å². The number of rotatable bonds is 3. The summed E-state index contributed by atoms with van der Waals surface area (Å²) in [6.07, 6.45) is 1.68. The Labute approximate surface area is 112 Å². The standard InChI is InChI=1S/C10H11N5OS2/c1-5-3-4-12-9(7(5)8(11)15-16)18-10-14-13-6(2)17-10/h3-4,16H,1-2H3,(H2,11,15). The van der Waals surface area contributed by atoms with Gasteiger partial charge in [0, 0.05) is 6.20 Å². The molecular formula is C10H11N5OS2. The highest BCUT2D eigenvalue weighted by Gasteiger charge is 2.14. The van der Waals surface area contributed by atoms with Crippen LogP contribution in [0.4, 0.5) is 0 Å². The van der Waals surface area contributed by atoms with E-state index in [1.165, 1.54) is 23.1 Å². The zero-order chi connectivity index (χ0) is 13.1. The van der Waals surface area contributed by atoms with Crippen LogP contribution in [0.3, 0.4) is 0 Å². The molecule has 2 heterocycles. The van der Waals surface area contributed by atoms with Crippen LogP contribution in [-0.4, -0.2) is 26.2 Å². The smallest absolute Gasteiger partial charge is 0.180 e. The van der Waals surface area contributed by atoms with Gasteiger partial charge >= 0.3 is 0 Å². The normalized spacial score (nSPS) is 11.8. The SMILES string of the molecule is Cc1nnc(Sc2nccc(C)c2/C(N)=N/O)s1. The van der Waals surface area contributed by atoms with Gasteiger partial charge in [-0.1, -0.05) is 16.5 Å². The van der Waals surface area contributed by atoms with Crippen molar-refractivity contribution in [1.82, 2.24) is 15.2 Å². The van der Waals surface area contributed by atoms with Crippen LogP contribution in [-0.2, 0) is 0 Å². The zero-order valence-electron chi connectivity index (χ0n) is 9.78. The van der Waals surface area contributed by atoms with Crippen molar-refractivity contribution in [3.63, 3.8) is 0 Å². The van der Waals surface area contributed by atoms with Crippen LogP contribution >= 0.6 is 23.1 Å². The quantitative estimate of drug-likeness (QED) is 0.385. The second-order valence-electron chi connectivity index (χ2n) is 3.48. The Balaban J connectivity index is 2.41. The third-order valence-electron chi connectivity index (χ3n) is 2.18. The zero-order valence-corrected chi connectivity index (χ0v) is 11.4. The Hall–Kier alpha value is -1.67. The van der Waals surface area contributed by atoms with Gasteiger partial charge in [0.1, 0.15) is 10.0 Å². The van der Waals surface area contributed by atoms with Crippen molar-refractivity contribution in [3.8, 4) is 0 Å². The first-order chi connectivity index (χ1) is 8.61. The molecule has 94 valence electrons. The molecule has 0 bridgehead atoms. The fraction of sp³-hybridized carbons (Fsp3) is 0.200. The van der Waals surface area contributed by atoms with Crippen LogP contribution in [0.1, 0.15) is 16.1 Å². The molecular weight excluding hydrogens is 270 g/mol. The summed E-state index contributed by atoms with van der Waals surface area (Å²) in [4.78, 5) is 4.24. The number of oxime groups is 1. The van der Waals surface area contributed by atoms with Crippen molar-refractivity contribution in [2.45, 2.75) is 23.2 Å². The van der Waals surface area contributed by atoms with Crippen molar-refractivity contribution in [1.29, 1.82) is 0 Å². The molecule has 0 aromatic carbocycles. The topological polar surface area (TPSA) is 97.3 Å². The number of pyridine rings is 1. The molecule has 2 aromatic heterocycles. The highest BCUT2D eigenvalue weighted by atomic mass is 32.2. The summed E-state index contributed by atoms with van der Waals surface area (Å²) in [6, 6.07) is 1.81. The van der Waals surface area contributed by atoms with E-state index in [1.54, 1.807) is 6.20 Å². The molecule has 8 heteroatoms. The van der Waals surface area contributed by atoms with Gasteiger partial charge in [-0.2, -0.15) is 0 Å². The highest BCUT2D eigenvalue weighted by Crippen LogP contribution is 2.31. The van der Waals surface area contributed by atoms with Gasteiger partial charge in [0.25, 0.3) is 0 Å². The van der Waals surface area contributed by atoms with Gasteiger partial charge in [0.2, 0.25) is 0 Å². The maximum atomic E-state index is 8.81. The van der Waals surface area contributed by atoms with E-state index < -0.39 is 0 Å². The van der Waals surface area contributed by atoms with Crippen LogP contribution in [0.5, 0.6) is 0 Å². The molecule has 18 heavy (non-hydrogen) atoms. The van der Waals surface area contributed by atoms with Crippen LogP contribution in [0.25, 0.3) is 0 Å². The summed E-state index contributed by atoms with van der Waals surface area (Å²) < 4.78 is 0.776. The molecule has 0 fully saturated rings. The van der Waals surface area contributed by atoms with E-state index in [2.05, 4.69) is 20.3 Å². The van der Waals surface area contributed by atoms with Crippen LogP contribution in [0, 0.1) is 13.8 Å². The predicted molar refractivity (Wildman–Crippen MR) is 70.3 cm³/mol. The molecule has 0 atom stereocenters. The van der Waals surface area contributed by atoms with Gasteiger partial charge in [0.15, 0.2) is 10.2 Å². The lowest BCUT2D eigenvalue weighted by Crippen LogP contribution is -2.16. The molecule has 0 radical (unpaired) electrons. The van der Waals surface area contributed by atoms with Gasteiger partial charge in [-0.05, 0) is 37.2 Å². The first kappa shape index (κ1) is 12.8. The van der Waals surface area contributed by atoms with Gasteiger partial charge in [-0.15, -0.1) is 10.2 Å². The van der Waals surface area contributed by atoms with Crippen molar-refractivity contribution in [2.24, 2.45) is 10.9 Å². The van der Waals surface area contributed by atoms with E-state index in [-0.39, 0.29) is 5.84 Å². The third-order valence-corrected chi connectivity index (χ3v) is 4.07. The van der Waals surface area contributed by atoms with E-state index >= 15 is 0 Å². The summed E-state index contributed by atoms with van der Waals surface area (Å²) in [7, 11) is 0. The number of aromatic nitrogens is 3. The molecule has 0 aliphatic carbocycles. The number of nitrogens with two attached hydrogens (primary N) is 1. The van der Waals surface area contributed by atoms with E-state index in [0.29, 0.717) is 10.6 Å². The van der Waals surface area contributed by atoms with Gasteiger partial charge in [0.05, 0.1) is 5.56 Å². The largest absolute Gasteiger partial charge is 0.409 e. The Morgan fingerprint density at radius 1 is 1.44 bits per heavy atom.